The third kappa shape index (κ3) is 3.41. The predicted molar refractivity (Wildman–Crippen MR) is 82.3 cm³/mol. The van der Waals surface area contributed by atoms with Crippen molar-refractivity contribution in [3.63, 3.8) is 0 Å². The number of carbonyl (C=O) groups is 1. The lowest BCUT2D eigenvalue weighted by Crippen LogP contribution is -2.09. The smallest absolute Gasteiger partial charge is 0.341 e. The zero-order chi connectivity index (χ0) is 16.1. The Kier molecular flexibility index (Phi) is 4.73. The summed E-state index contributed by atoms with van der Waals surface area (Å²) in [6, 6.07) is 10.6. The summed E-state index contributed by atoms with van der Waals surface area (Å²) < 4.78 is 5.26. The number of rotatable bonds is 6. The van der Waals surface area contributed by atoms with Crippen molar-refractivity contribution in [2.24, 2.45) is 0 Å². The number of aliphatic carboxylic acids is 1. The maximum absolute atomic E-state index is 11.0. The van der Waals surface area contributed by atoms with Gasteiger partial charge in [-0.2, -0.15) is 0 Å². The average molecular weight is 301 g/mol. The van der Waals surface area contributed by atoms with Gasteiger partial charge in [-0.1, -0.05) is 37.3 Å². The summed E-state index contributed by atoms with van der Waals surface area (Å²) in [5.41, 5.74) is 0.816. The molecule has 0 amide bonds. The molecular formula is C16H15NO5. The molecule has 2 aromatic carbocycles. The second-order valence-corrected chi connectivity index (χ2v) is 4.63. The largest absolute Gasteiger partial charge is 0.481 e. The van der Waals surface area contributed by atoms with Gasteiger partial charge in [-0.15, -0.1) is 0 Å². The van der Waals surface area contributed by atoms with Crippen LogP contribution >= 0.6 is 0 Å². The fourth-order valence-corrected chi connectivity index (χ4v) is 2.15. The van der Waals surface area contributed by atoms with Crippen molar-refractivity contribution in [2.75, 3.05) is 6.61 Å². The van der Waals surface area contributed by atoms with Gasteiger partial charge in [-0.3, -0.25) is 10.1 Å². The lowest BCUT2D eigenvalue weighted by Gasteiger charge is -2.09. The Morgan fingerprint density at radius 1 is 1.27 bits per heavy atom. The van der Waals surface area contributed by atoms with Crippen LogP contribution in [0.2, 0.25) is 0 Å². The minimum Gasteiger partial charge on any atom is -0.481 e. The van der Waals surface area contributed by atoms with Crippen LogP contribution in [0, 0.1) is 10.1 Å². The number of nitrogens with zero attached hydrogens (tertiary/aromatic N) is 1. The molecule has 6 heteroatoms. The zero-order valence-electron chi connectivity index (χ0n) is 12.0. The lowest BCUT2D eigenvalue weighted by atomic mass is 10.0. The van der Waals surface area contributed by atoms with E-state index in [1.807, 2.05) is 12.1 Å². The Hall–Kier alpha value is -2.89. The molecule has 0 aliphatic heterocycles. The maximum Gasteiger partial charge on any atom is 0.341 e. The van der Waals surface area contributed by atoms with E-state index < -0.39 is 17.5 Å². The SMILES string of the molecule is CCC(=Cc1ccc(OCC(=O)O)c2ccccc12)[N+](=O)[O-]. The molecular weight excluding hydrogens is 286 g/mol. The van der Waals surface area contributed by atoms with E-state index >= 15 is 0 Å². The van der Waals surface area contributed by atoms with Gasteiger partial charge in [0.1, 0.15) is 5.75 Å². The van der Waals surface area contributed by atoms with Crippen LogP contribution in [0.1, 0.15) is 18.9 Å². The number of nitro groups is 1. The molecule has 1 N–H and O–H groups in total. The van der Waals surface area contributed by atoms with Gasteiger partial charge in [0.05, 0.1) is 4.92 Å². The van der Waals surface area contributed by atoms with Crippen molar-refractivity contribution in [1.82, 2.24) is 0 Å². The number of hydrogen-bond acceptors (Lipinski definition) is 4. The third-order valence-corrected chi connectivity index (χ3v) is 3.19. The van der Waals surface area contributed by atoms with Crippen molar-refractivity contribution in [1.29, 1.82) is 0 Å². The summed E-state index contributed by atoms with van der Waals surface area (Å²) in [6.45, 7) is 1.29. The van der Waals surface area contributed by atoms with Crippen molar-refractivity contribution in [2.45, 2.75) is 13.3 Å². The highest BCUT2D eigenvalue weighted by Gasteiger charge is 2.11. The first-order chi connectivity index (χ1) is 10.5. The van der Waals surface area contributed by atoms with Crippen molar-refractivity contribution >= 4 is 22.8 Å². The molecule has 2 rings (SSSR count). The van der Waals surface area contributed by atoms with Crippen LogP contribution in [-0.2, 0) is 4.79 Å². The van der Waals surface area contributed by atoms with E-state index in [0.717, 1.165) is 10.8 Å². The minimum atomic E-state index is -1.06. The first kappa shape index (κ1) is 15.5. The quantitative estimate of drug-likeness (QED) is 0.653. The van der Waals surface area contributed by atoms with E-state index in [0.29, 0.717) is 17.7 Å². The molecule has 114 valence electrons. The molecule has 0 radical (unpaired) electrons. The number of carboxylic acid groups (broad SMARTS) is 1. The highest BCUT2D eigenvalue weighted by molar-refractivity contribution is 5.95. The molecule has 0 bridgehead atoms. The molecule has 6 nitrogen and oxygen atoms in total. The van der Waals surface area contributed by atoms with Crippen LogP contribution in [0.3, 0.4) is 0 Å². The maximum atomic E-state index is 11.0. The summed E-state index contributed by atoms with van der Waals surface area (Å²) in [4.78, 5) is 21.2. The first-order valence-electron chi connectivity index (χ1n) is 6.74. The van der Waals surface area contributed by atoms with Crippen LogP contribution in [0.4, 0.5) is 0 Å². The van der Waals surface area contributed by atoms with Crippen molar-refractivity contribution in [3.8, 4) is 5.75 Å². The summed E-state index contributed by atoms with van der Waals surface area (Å²) in [6.07, 6.45) is 1.85. The van der Waals surface area contributed by atoms with Crippen LogP contribution in [0.25, 0.3) is 16.8 Å². The number of ether oxygens (including phenoxy) is 1. The topological polar surface area (TPSA) is 89.7 Å². The number of hydrogen-bond donors (Lipinski definition) is 1. The molecule has 22 heavy (non-hydrogen) atoms. The monoisotopic (exact) mass is 301 g/mol. The van der Waals surface area contributed by atoms with E-state index in [9.17, 15) is 14.9 Å². The number of allylic oxidation sites excluding steroid dienone is 1. The summed E-state index contributed by atoms with van der Waals surface area (Å²) >= 11 is 0. The van der Waals surface area contributed by atoms with E-state index in [4.69, 9.17) is 9.84 Å². The molecule has 0 aromatic heterocycles. The van der Waals surface area contributed by atoms with Gasteiger partial charge in [-0.25, -0.2) is 4.79 Å². The molecule has 0 aliphatic rings. The molecule has 0 saturated heterocycles. The molecule has 0 spiro atoms. The number of carboxylic acids is 1. The van der Waals surface area contributed by atoms with Gasteiger partial charge in [0.25, 0.3) is 0 Å². The summed E-state index contributed by atoms with van der Waals surface area (Å²) in [7, 11) is 0. The summed E-state index contributed by atoms with van der Waals surface area (Å²) in [5, 5.41) is 21.2. The third-order valence-electron chi connectivity index (χ3n) is 3.19. The van der Waals surface area contributed by atoms with Crippen LogP contribution in [0.15, 0.2) is 42.1 Å². The van der Waals surface area contributed by atoms with Crippen LogP contribution in [-0.4, -0.2) is 22.6 Å². The van der Waals surface area contributed by atoms with Gasteiger partial charge in [0, 0.05) is 17.9 Å². The fraction of sp³-hybridized carbons (Fsp3) is 0.188. The first-order valence-corrected chi connectivity index (χ1v) is 6.74. The standard InChI is InChI=1S/C16H15NO5/c1-2-12(17(20)21)9-11-7-8-15(22-10-16(18)19)14-6-4-3-5-13(11)14/h3-9H,2,10H2,1H3,(H,18,19). The molecule has 0 atom stereocenters. The lowest BCUT2D eigenvalue weighted by molar-refractivity contribution is -0.425. The van der Waals surface area contributed by atoms with Gasteiger partial charge >= 0.3 is 5.97 Å². The molecule has 0 aliphatic carbocycles. The van der Waals surface area contributed by atoms with Crippen molar-refractivity contribution < 1.29 is 19.6 Å². The van der Waals surface area contributed by atoms with Crippen molar-refractivity contribution in [3.05, 3.63) is 57.8 Å². The Morgan fingerprint density at radius 2 is 1.95 bits per heavy atom. The second-order valence-electron chi connectivity index (χ2n) is 4.63. The van der Waals surface area contributed by atoms with Gasteiger partial charge in [-0.05, 0) is 17.0 Å². The number of fused-ring (bicyclic) bond motifs is 1. The Labute approximate surface area is 126 Å². The Morgan fingerprint density at radius 3 is 2.55 bits per heavy atom. The number of benzene rings is 2. The average Bonchev–Trinajstić information content (AvgIpc) is 2.50. The second kappa shape index (κ2) is 6.71. The Bertz CT molecular complexity index is 751. The zero-order valence-corrected chi connectivity index (χ0v) is 12.0. The predicted octanol–water partition coefficient (Wildman–Crippen LogP) is 3.33. The summed E-state index contributed by atoms with van der Waals surface area (Å²) in [5.74, 6) is -0.621. The molecule has 0 unspecified atom stereocenters. The molecule has 2 aromatic rings. The van der Waals surface area contributed by atoms with Crippen LogP contribution in [0.5, 0.6) is 5.75 Å². The highest BCUT2D eigenvalue weighted by atomic mass is 16.6. The van der Waals surface area contributed by atoms with Crippen LogP contribution < -0.4 is 4.74 Å². The minimum absolute atomic E-state index is 0.115. The molecule has 0 fully saturated rings. The van der Waals surface area contributed by atoms with E-state index in [2.05, 4.69) is 0 Å². The van der Waals surface area contributed by atoms with Gasteiger partial charge < -0.3 is 9.84 Å². The van der Waals surface area contributed by atoms with E-state index in [1.165, 1.54) is 6.08 Å². The highest BCUT2D eigenvalue weighted by Crippen LogP contribution is 2.30. The molecule has 0 saturated carbocycles. The van der Waals surface area contributed by atoms with E-state index in [1.54, 1.807) is 31.2 Å². The Balaban J connectivity index is 2.53. The van der Waals surface area contributed by atoms with E-state index in [-0.39, 0.29) is 5.70 Å². The normalized spacial score (nSPS) is 11.4. The fourth-order valence-electron chi connectivity index (χ4n) is 2.15. The van der Waals surface area contributed by atoms with Gasteiger partial charge in [0.2, 0.25) is 5.70 Å². The molecule has 0 heterocycles. The van der Waals surface area contributed by atoms with Gasteiger partial charge in [0.15, 0.2) is 6.61 Å².